The minimum Gasteiger partial charge on any atom is -0.497 e. The molecule has 140 valence electrons. The maximum Gasteiger partial charge on any atom is 0.247 e. The predicted octanol–water partition coefficient (Wildman–Crippen LogP) is 3.69. The normalized spacial score (nSPS) is 10.6. The van der Waals surface area contributed by atoms with Gasteiger partial charge in [-0.1, -0.05) is 29.8 Å². The Morgan fingerprint density at radius 1 is 1.15 bits per heavy atom. The molecule has 3 aromatic rings. The number of benzene rings is 2. The van der Waals surface area contributed by atoms with Crippen molar-refractivity contribution < 1.29 is 13.9 Å². The minimum absolute atomic E-state index is 0.0508. The topological polar surface area (TPSA) is 77.2 Å². The standard InChI is InChI=1S/C20H20ClN3O3/c1-26-17-4-2-3-15(13-17)20-24-23-19(27-20)10-9-18(25)22-12-11-14-5-7-16(21)8-6-14/h2-8,13H,9-12H2,1H3,(H,22,25). The summed E-state index contributed by atoms with van der Waals surface area (Å²) >= 11 is 5.86. The molecule has 3 rings (SSSR count). The molecule has 2 aromatic carbocycles. The Labute approximate surface area is 162 Å². The summed E-state index contributed by atoms with van der Waals surface area (Å²) < 4.78 is 10.8. The van der Waals surface area contributed by atoms with E-state index in [9.17, 15) is 4.79 Å². The number of halogens is 1. The molecule has 0 unspecified atom stereocenters. The van der Waals surface area contributed by atoms with Crippen LogP contribution in [-0.4, -0.2) is 29.8 Å². The van der Waals surface area contributed by atoms with E-state index < -0.39 is 0 Å². The summed E-state index contributed by atoms with van der Waals surface area (Å²) in [5, 5.41) is 11.6. The molecule has 1 amide bonds. The summed E-state index contributed by atoms with van der Waals surface area (Å²) in [5.41, 5.74) is 1.90. The van der Waals surface area contributed by atoms with Crippen LogP contribution in [-0.2, 0) is 17.6 Å². The highest BCUT2D eigenvalue weighted by Gasteiger charge is 2.11. The van der Waals surface area contributed by atoms with Crippen LogP contribution >= 0.6 is 11.6 Å². The number of aryl methyl sites for hydroxylation is 1. The van der Waals surface area contributed by atoms with Crippen LogP contribution in [0.5, 0.6) is 5.75 Å². The average Bonchev–Trinajstić information content (AvgIpc) is 3.17. The Morgan fingerprint density at radius 3 is 2.74 bits per heavy atom. The van der Waals surface area contributed by atoms with Crippen molar-refractivity contribution >= 4 is 17.5 Å². The van der Waals surface area contributed by atoms with Gasteiger partial charge >= 0.3 is 0 Å². The van der Waals surface area contributed by atoms with Gasteiger partial charge in [0, 0.05) is 30.0 Å². The van der Waals surface area contributed by atoms with Gasteiger partial charge in [0.2, 0.25) is 17.7 Å². The molecule has 0 atom stereocenters. The summed E-state index contributed by atoms with van der Waals surface area (Å²) in [7, 11) is 1.60. The van der Waals surface area contributed by atoms with Crippen LogP contribution in [0.4, 0.5) is 0 Å². The van der Waals surface area contributed by atoms with Crippen LogP contribution in [0, 0.1) is 0 Å². The summed E-state index contributed by atoms with van der Waals surface area (Å²) in [6.07, 6.45) is 1.44. The van der Waals surface area contributed by atoms with Crippen molar-refractivity contribution in [1.29, 1.82) is 0 Å². The smallest absolute Gasteiger partial charge is 0.247 e. The van der Waals surface area contributed by atoms with E-state index in [2.05, 4.69) is 15.5 Å². The third-order valence-electron chi connectivity index (χ3n) is 4.00. The Bertz CT molecular complexity index is 893. The van der Waals surface area contributed by atoms with Gasteiger partial charge in [-0.05, 0) is 42.3 Å². The number of rotatable bonds is 8. The molecule has 0 aliphatic carbocycles. The van der Waals surface area contributed by atoms with Crippen molar-refractivity contribution in [3.8, 4) is 17.2 Å². The molecule has 27 heavy (non-hydrogen) atoms. The second kappa shape index (κ2) is 9.19. The number of hydrogen-bond acceptors (Lipinski definition) is 5. The summed E-state index contributed by atoms with van der Waals surface area (Å²) in [5.74, 6) is 1.50. The Balaban J connectivity index is 1.45. The molecule has 0 spiro atoms. The number of nitrogens with zero attached hydrogens (tertiary/aromatic N) is 2. The van der Waals surface area contributed by atoms with Crippen molar-refractivity contribution in [2.75, 3.05) is 13.7 Å². The van der Waals surface area contributed by atoms with Crippen LogP contribution in [0.1, 0.15) is 17.9 Å². The Morgan fingerprint density at radius 2 is 1.96 bits per heavy atom. The maximum atomic E-state index is 12.0. The van der Waals surface area contributed by atoms with Gasteiger partial charge < -0.3 is 14.5 Å². The van der Waals surface area contributed by atoms with Gasteiger partial charge in [0.05, 0.1) is 7.11 Å². The van der Waals surface area contributed by atoms with Gasteiger partial charge in [-0.25, -0.2) is 0 Å². The number of nitrogens with one attached hydrogen (secondary N) is 1. The first kappa shape index (κ1) is 18.9. The fourth-order valence-electron chi connectivity index (χ4n) is 2.53. The van der Waals surface area contributed by atoms with E-state index in [4.69, 9.17) is 20.8 Å². The molecular weight excluding hydrogens is 366 g/mol. The quantitative estimate of drug-likeness (QED) is 0.639. The van der Waals surface area contributed by atoms with E-state index in [1.54, 1.807) is 7.11 Å². The van der Waals surface area contributed by atoms with Crippen LogP contribution in [0.2, 0.25) is 5.02 Å². The highest BCUT2D eigenvalue weighted by Crippen LogP contribution is 2.22. The van der Waals surface area contributed by atoms with Gasteiger partial charge in [-0.2, -0.15) is 0 Å². The zero-order chi connectivity index (χ0) is 19.1. The summed E-state index contributed by atoms with van der Waals surface area (Å²) in [6, 6.07) is 15.0. The third kappa shape index (κ3) is 5.56. The highest BCUT2D eigenvalue weighted by molar-refractivity contribution is 6.30. The molecule has 1 N–H and O–H groups in total. The molecule has 7 heteroatoms. The second-order valence-corrected chi connectivity index (χ2v) is 6.40. The number of amides is 1. The molecule has 1 aromatic heterocycles. The number of ether oxygens (including phenoxy) is 1. The first-order valence-electron chi connectivity index (χ1n) is 8.62. The molecule has 0 saturated heterocycles. The first-order valence-corrected chi connectivity index (χ1v) is 9.00. The lowest BCUT2D eigenvalue weighted by atomic mass is 10.1. The number of hydrogen-bond donors (Lipinski definition) is 1. The van der Waals surface area contributed by atoms with Crippen LogP contribution in [0.3, 0.4) is 0 Å². The molecule has 0 aliphatic heterocycles. The molecule has 6 nitrogen and oxygen atoms in total. The van der Waals surface area contributed by atoms with E-state index in [1.807, 2.05) is 48.5 Å². The molecule has 0 saturated carbocycles. The molecule has 0 fully saturated rings. The van der Waals surface area contributed by atoms with Gasteiger partial charge in [0.15, 0.2) is 0 Å². The fourth-order valence-corrected chi connectivity index (χ4v) is 2.66. The van der Waals surface area contributed by atoms with E-state index in [0.29, 0.717) is 41.9 Å². The predicted molar refractivity (Wildman–Crippen MR) is 103 cm³/mol. The number of carbonyl (C=O) groups excluding carboxylic acids is 1. The SMILES string of the molecule is COc1cccc(-c2nnc(CCC(=O)NCCc3ccc(Cl)cc3)o2)c1. The largest absolute Gasteiger partial charge is 0.497 e. The summed E-state index contributed by atoms with van der Waals surface area (Å²) in [6.45, 7) is 0.569. The molecular formula is C20H20ClN3O3. The summed E-state index contributed by atoms with van der Waals surface area (Å²) in [4.78, 5) is 12.0. The van der Waals surface area contributed by atoms with E-state index in [-0.39, 0.29) is 5.91 Å². The lowest BCUT2D eigenvalue weighted by molar-refractivity contribution is -0.121. The Hall–Kier alpha value is -2.86. The average molecular weight is 386 g/mol. The Kier molecular flexibility index (Phi) is 6.44. The zero-order valence-corrected chi connectivity index (χ0v) is 15.7. The maximum absolute atomic E-state index is 12.0. The van der Waals surface area contributed by atoms with Gasteiger partial charge in [0.25, 0.3) is 0 Å². The first-order chi connectivity index (χ1) is 13.1. The zero-order valence-electron chi connectivity index (χ0n) is 14.9. The highest BCUT2D eigenvalue weighted by atomic mass is 35.5. The van der Waals surface area contributed by atoms with Crippen molar-refractivity contribution in [3.63, 3.8) is 0 Å². The second-order valence-electron chi connectivity index (χ2n) is 5.96. The number of aromatic nitrogens is 2. The van der Waals surface area contributed by atoms with Gasteiger partial charge in [0.1, 0.15) is 5.75 Å². The lowest BCUT2D eigenvalue weighted by Gasteiger charge is -2.04. The van der Waals surface area contributed by atoms with E-state index in [0.717, 1.165) is 17.5 Å². The fraction of sp³-hybridized carbons (Fsp3) is 0.250. The molecule has 0 radical (unpaired) electrons. The van der Waals surface area contributed by atoms with Crippen molar-refractivity contribution in [1.82, 2.24) is 15.5 Å². The van der Waals surface area contributed by atoms with Crippen LogP contribution in [0.15, 0.2) is 52.9 Å². The van der Waals surface area contributed by atoms with Crippen molar-refractivity contribution in [2.24, 2.45) is 0 Å². The van der Waals surface area contributed by atoms with Gasteiger partial charge in [-0.15, -0.1) is 10.2 Å². The number of carbonyl (C=O) groups is 1. The van der Waals surface area contributed by atoms with Crippen LogP contribution < -0.4 is 10.1 Å². The van der Waals surface area contributed by atoms with E-state index >= 15 is 0 Å². The third-order valence-corrected chi connectivity index (χ3v) is 4.25. The van der Waals surface area contributed by atoms with Crippen molar-refractivity contribution in [3.05, 3.63) is 65.0 Å². The van der Waals surface area contributed by atoms with E-state index in [1.165, 1.54) is 0 Å². The van der Waals surface area contributed by atoms with Crippen molar-refractivity contribution in [2.45, 2.75) is 19.3 Å². The molecule has 0 bridgehead atoms. The minimum atomic E-state index is -0.0508. The number of methoxy groups -OCH3 is 1. The van der Waals surface area contributed by atoms with Gasteiger partial charge in [-0.3, -0.25) is 4.79 Å². The van der Waals surface area contributed by atoms with Crippen LogP contribution in [0.25, 0.3) is 11.5 Å². The lowest BCUT2D eigenvalue weighted by Crippen LogP contribution is -2.25. The molecule has 0 aliphatic rings. The monoisotopic (exact) mass is 385 g/mol. The molecule has 1 heterocycles.